The Labute approximate surface area is 101 Å². The first-order chi connectivity index (χ1) is 8.04. The van der Waals surface area contributed by atoms with E-state index in [4.69, 9.17) is 0 Å². The number of aromatic amines is 1. The predicted octanol–water partition coefficient (Wildman–Crippen LogP) is 1.37. The maximum Gasteiger partial charge on any atom is 0.223 e. The van der Waals surface area contributed by atoms with Gasteiger partial charge in [-0.25, -0.2) is 4.68 Å². The van der Waals surface area contributed by atoms with Crippen LogP contribution in [-0.4, -0.2) is 39.1 Å². The molecule has 0 saturated heterocycles. The summed E-state index contributed by atoms with van der Waals surface area (Å²) in [5, 5.41) is 11.7. The van der Waals surface area contributed by atoms with Crippen LogP contribution in [0.2, 0.25) is 0 Å². The van der Waals surface area contributed by atoms with E-state index in [1.165, 1.54) is 0 Å². The second-order valence-corrected chi connectivity index (χ2v) is 4.25. The second kappa shape index (κ2) is 4.20. The normalized spacial score (nSPS) is 10.9. The number of aromatic nitrogens is 5. The molecule has 92 valence electrons. The number of anilines is 1. The van der Waals surface area contributed by atoms with E-state index in [1.807, 2.05) is 37.5 Å². The highest BCUT2D eigenvalue weighted by Gasteiger charge is 2.17. The van der Waals surface area contributed by atoms with Crippen LogP contribution in [0.25, 0.3) is 11.4 Å². The number of rotatable bonds is 3. The first-order valence-electron chi connectivity index (χ1n) is 5.68. The Hall–Kier alpha value is -1.85. The summed E-state index contributed by atoms with van der Waals surface area (Å²) in [6, 6.07) is 0. The van der Waals surface area contributed by atoms with Gasteiger partial charge in [-0.05, 0) is 20.8 Å². The maximum atomic E-state index is 4.56. The van der Waals surface area contributed by atoms with Crippen LogP contribution in [0.4, 0.5) is 5.95 Å². The van der Waals surface area contributed by atoms with Gasteiger partial charge < -0.3 is 4.90 Å². The summed E-state index contributed by atoms with van der Waals surface area (Å²) >= 11 is 0. The molecule has 0 unspecified atom stereocenters. The lowest BCUT2D eigenvalue weighted by Crippen LogP contribution is -2.15. The zero-order chi connectivity index (χ0) is 12.6. The van der Waals surface area contributed by atoms with Gasteiger partial charge in [0.05, 0.1) is 11.3 Å². The highest BCUT2D eigenvalue weighted by molar-refractivity contribution is 5.62. The van der Waals surface area contributed by atoms with Gasteiger partial charge in [0.1, 0.15) is 0 Å². The molecule has 0 spiro atoms. The molecule has 0 aliphatic heterocycles. The van der Waals surface area contributed by atoms with E-state index in [0.717, 1.165) is 35.3 Å². The van der Waals surface area contributed by atoms with E-state index in [0.29, 0.717) is 0 Å². The lowest BCUT2D eigenvalue weighted by atomic mass is 10.2. The first-order valence-corrected chi connectivity index (χ1v) is 5.68. The van der Waals surface area contributed by atoms with E-state index in [9.17, 15) is 0 Å². The Bertz CT molecular complexity index is 503. The standard InChI is InChI=1S/C11H18N6/c1-6-17-11(16(4)5)12-10(15-17)9-7(2)13-14-8(9)3/h6H2,1-5H3,(H,13,14). The first kappa shape index (κ1) is 11.6. The smallest absolute Gasteiger partial charge is 0.223 e. The van der Waals surface area contributed by atoms with Gasteiger partial charge in [-0.3, -0.25) is 5.10 Å². The highest BCUT2D eigenvalue weighted by Crippen LogP contribution is 2.24. The number of hydrogen-bond acceptors (Lipinski definition) is 4. The van der Waals surface area contributed by atoms with Gasteiger partial charge in [0, 0.05) is 26.3 Å². The van der Waals surface area contributed by atoms with Gasteiger partial charge in [-0.15, -0.1) is 5.10 Å². The Morgan fingerprint density at radius 1 is 1.29 bits per heavy atom. The van der Waals surface area contributed by atoms with Gasteiger partial charge in [-0.2, -0.15) is 10.1 Å². The highest BCUT2D eigenvalue weighted by atomic mass is 15.4. The molecule has 0 amide bonds. The Kier molecular flexibility index (Phi) is 2.87. The molecular weight excluding hydrogens is 216 g/mol. The summed E-state index contributed by atoms with van der Waals surface area (Å²) in [4.78, 5) is 6.53. The number of hydrogen-bond donors (Lipinski definition) is 1. The minimum Gasteiger partial charge on any atom is -0.347 e. The Morgan fingerprint density at radius 3 is 2.41 bits per heavy atom. The summed E-state index contributed by atoms with van der Waals surface area (Å²) in [6.07, 6.45) is 0. The van der Waals surface area contributed by atoms with Crippen molar-refractivity contribution in [2.24, 2.45) is 0 Å². The zero-order valence-electron chi connectivity index (χ0n) is 10.9. The van der Waals surface area contributed by atoms with Crippen LogP contribution in [-0.2, 0) is 6.54 Å². The van der Waals surface area contributed by atoms with Crippen molar-refractivity contribution in [2.45, 2.75) is 27.3 Å². The van der Waals surface area contributed by atoms with Gasteiger partial charge in [0.2, 0.25) is 5.95 Å². The predicted molar refractivity (Wildman–Crippen MR) is 67.1 cm³/mol. The largest absolute Gasteiger partial charge is 0.347 e. The van der Waals surface area contributed by atoms with E-state index in [1.54, 1.807) is 0 Å². The molecule has 2 aromatic heterocycles. The van der Waals surface area contributed by atoms with Crippen LogP contribution < -0.4 is 4.90 Å². The van der Waals surface area contributed by atoms with Gasteiger partial charge in [-0.1, -0.05) is 0 Å². The third kappa shape index (κ3) is 1.90. The van der Waals surface area contributed by atoms with E-state index >= 15 is 0 Å². The maximum absolute atomic E-state index is 4.56. The van der Waals surface area contributed by atoms with Crippen LogP contribution in [0.3, 0.4) is 0 Å². The minimum atomic E-state index is 0.735. The SMILES string of the molecule is CCn1nc(-c2c(C)n[nH]c2C)nc1N(C)C. The quantitative estimate of drug-likeness (QED) is 0.871. The number of aryl methyl sites for hydroxylation is 3. The van der Waals surface area contributed by atoms with Crippen molar-refractivity contribution in [3.8, 4) is 11.4 Å². The summed E-state index contributed by atoms with van der Waals surface area (Å²) in [5.74, 6) is 1.60. The number of nitrogens with zero attached hydrogens (tertiary/aromatic N) is 5. The zero-order valence-corrected chi connectivity index (χ0v) is 10.9. The van der Waals surface area contributed by atoms with E-state index in [2.05, 4.69) is 27.2 Å². The van der Waals surface area contributed by atoms with Gasteiger partial charge in [0.25, 0.3) is 0 Å². The molecule has 6 nitrogen and oxygen atoms in total. The summed E-state index contributed by atoms with van der Waals surface area (Å²) < 4.78 is 1.89. The fourth-order valence-electron chi connectivity index (χ4n) is 1.86. The van der Waals surface area contributed by atoms with Gasteiger partial charge in [0.15, 0.2) is 5.82 Å². The molecular formula is C11H18N6. The lowest BCUT2D eigenvalue weighted by molar-refractivity contribution is 0.654. The summed E-state index contributed by atoms with van der Waals surface area (Å²) in [7, 11) is 3.93. The van der Waals surface area contributed by atoms with Gasteiger partial charge >= 0.3 is 0 Å². The molecule has 0 aliphatic carbocycles. The fraction of sp³-hybridized carbons (Fsp3) is 0.545. The van der Waals surface area contributed by atoms with Crippen LogP contribution in [0, 0.1) is 13.8 Å². The second-order valence-electron chi connectivity index (χ2n) is 4.25. The van der Waals surface area contributed by atoms with Crippen molar-refractivity contribution in [3.63, 3.8) is 0 Å². The van der Waals surface area contributed by atoms with Crippen molar-refractivity contribution < 1.29 is 0 Å². The number of H-pyrrole nitrogens is 1. The molecule has 2 heterocycles. The molecule has 2 rings (SSSR count). The molecule has 0 aliphatic rings. The van der Waals surface area contributed by atoms with Crippen molar-refractivity contribution in [1.29, 1.82) is 0 Å². The summed E-state index contributed by atoms with van der Waals surface area (Å²) in [6.45, 7) is 6.80. The molecule has 0 fully saturated rings. The van der Waals surface area contributed by atoms with Crippen LogP contribution in [0.15, 0.2) is 0 Å². The molecule has 0 radical (unpaired) electrons. The van der Waals surface area contributed by atoms with Crippen molar-refractivity contribution in [1.82, 2.24) is 25.0 Å². The van der Waals surface area contributed by atoms with E-state index < -0.39 is 0 Å². The Morgan fingerprint density at radius 2 is 2.00 bits per heavy atom. The van der Waals surface area contributed by atoms with Crippen molar-refractivity contribution >= 4 is 5.95 Å². The molecule has 6 heteroatoms. The van der Waals surface area contributed by atoms with Crippen LogP contribution >= 0.6 is 0 Å². The Balaban J connectivity index is 2.54. The third-order valence-corrected chi connectivity index (χ3v) is 2.70. The monoisotopic (exact) mass is 234 g/mol. The molecule has 2 aromatic rings. The average Bonchev–Trinajstić information content (AvgIpc) is 2.82. The average molecular weight is 234 g/mol. The molecule has 17 heavy (non-hydrogen) atoms. The molecule has 0 atom stereocenters. The van der Waals surface area contributed by atoms with Crippen molar-refractivity contribution in [2.75, 3.05) is 19.0 Å². The van der Waals surface area contributed by atoms with Crippen molar-refractivity contribution in [3.05, 3.63) is 11.4 Å². The minimum absolute atomic E-state index is 0.735. The third-order valence-electron chi connectivity index (χ3n) is 2.70. The topological polar surface area (TPSA) is 62.6 Å². The molecule has 0 bridgehead atoms. The molecule has 0 aromatic carbocycles. The van der Waals surface area contributed by atoms with Crippen LogP contribution in [0.5, 0.6) is 0 Å². The fourth-order valence-corrected chi connectivity index (χ4v) is 1.86. The molecule has 0 saturated carbocycles. The molecule has 1 N–H and O–H groups in total. The van der Waals surface area contributed by atoms with Crippen LogP contribution in [0.1, 0.15) is 18.3 Å². The summed E-state index contributed by atoms with van der Waals surface area (Å²) in [5.41, 5.74) is 2.93. The lowest BCUT2D eigenvalue weighted by Gasteiger charge is -2.10. The van der Waals surface area contributed by atoms with E-state index in [-0.39, 0.29) is 0 Å². The number of nitrogens with one attached hydrogen (secondary N) is 1.